The molecule has 0 saturated heterocycles. The molecular formula is C33H36BrN5O3. The molecule has 0 spiro atoms. The Morgan fingerprint density at radius 1 is 1.10 bits per heavy atom. The Morgan fingerprint density at radius 3 is 2.52 bits per heavy atom. The van der Waals surface area contributed by atoms with Crippen LogP contribution in [-0.4, -0.2) is 40.8 Å². The summed E-state index contributed by atoms with van der Waals surface area (Å²) in [5.74, 6) is -0.793. The fourth-order valence-electron chi connectivity index (χ4n) is 5.55. The molecule has 0 radical (unpaired) electrons. The standard InChI is InChI=1S/C33H36BrN5O3/c1-5-36-31(41)22-17-27(19(2)30(34)29(22)25-16-21-11-6-8-12-23(21)37-25)39-26-13-9-7-10-20(26)14-15-24(32(39)42)38-28(40)18-33(3,4)35/h6-13,16-17,24,37H,5,14-15,18,35H2,1-4H3,(H,36,41)(H,38,40). The van der Waals surface area contributed by atoms with Crippen LogP contribution in [-0.2, 0) is 16.0 Å². The van der Waals surface area contributed by atoms with Crippen LogP contribution < -0.4 is 21.3 Å². The third kappa shape index (κ3) is 5.84. The van der Waals surface area contributed by atoms with Crippen molar-refractivity contribution >= 4 is 55.9 Å². The van der Waals surface area contributed by atoms with E-state index in [0.717, 1.165) is 33.4 Å². The van der Waals surface area contributed by atoms with E-state index in [1.54, 1.807) is 24.8 Å². The molecular weight excluding hydrogens is 594 g/mol. The number of hydrogen-bond acceptors (Lipinski definition) is 4. The van der Waals surface area contributed by atoms with Gasteiger partial charge in [0.1, 0.15) is 6.04 Å². The van der Waals surface area contributed by atoms with Crippen molar-refractivity contribution in [2.75, 3.05) is 11.4 Å². The maximum Gasteiger partial charge on any atom is 0.254 e. The number of aryl methyl sites for hydroxylation is 1. The number of anilines is 2. The number of carbonyl (C=O) groups excluding carboxylic acids is 3. The van der Waals surface area contributed by atoms with Gasteiger partial charge in [0, 0.05) is 45.1 Å². The third-order valence-electron chi connectivity index (χ3n) is 7.51. The number of nitrogens with one attached hydrogen (secondary N) is 3. The third-order valence-corrected chi connectivity index (χ3v) is 8.50. The van der Waals surface area contributed by atoms with Crippen molar-refractivity contribution in [3.05, 3.63) is 81.8 Å². The highest BCUT2D eigenvalue weighted by Gasteiger charge is 2.35. The summed E-state index contributed by atoms with van der Waals surface area (Å²) in [6.45, 7) is 7.81. The lowest BCUT2D eigenvalue weighted by Crippen LogP contribution is -2.49. The van der Waals surface area contributed by atoms with E-state index >= 15 is 0 Å². The zero-order chi connectivity index (χ0) is 30.2. The molecule has 0 aliphatic carbocycles. The minimum atomic E-state index is -0.758. The van der Waals surface area contributed by atoms with Crippen molar-refractivity contribution in [2.24, 2.45) is 5.73 Å². The number of fused-ring (bicyclic) bond motifs is 2. The molecule has 8 nitrogen and oxygen atoms in total. The van der Waals surface area contributed by atoms with E-state index in [1.807, 2.05) is 68.4 Å². The molecule has 42 heavy (non-hydrogen) atoms. The van der Waals surface area contributed by atoms with Crippen LogP contribution in [0.25, 0.3) is 22.2 Å². The Labute approximate surface area is 254 Å². The number of nitrogens with two attached hydrogens (primary N) is 1. The van der Waals surface area contributed by atoms with Gasteiger partial charge in [-0.05, 0) is 91.9 Å². The van der Waals surface area contributed by atoms with E-state index in [9.17, 15) is 14.4 Å². The summed E-state index contributed by atoms with van der Waals surface area (Å²) in [6, 6.07) is 18.7. The van der Waals surface area contributed by atoms with E-state index in [0.29, 0.717) is 40.7 Å². The molecule has 1 aliphatic rings. The number of benzene rings is 3. The second-order valence-corrected chi connectivity index (χ2v) is 12.3. The molecule has 3 amide bonds. The minimum absolute atomic E-state index is 0.0921. The number of rotatable bonds is 7. The molecule has 5 N–H and O–H groups in total. The lowest BCUT2D eigenvalue weighted by atomic mass is 9.97. The topological polar surface area (TPSA) is 120 Å². The van der Waals surface area contributed by atoms with Crippen LogP contribution in [0.3, 0.4) is 0 Å². The van der Waals surface area contributed by atoms with Crippen molar-refractivity contribution in [2.45, 2.75) is 58.5 Å². The van der Waals surface area contributed by atoms with Crippen molar-refractivity contribution in [1.29, 1.82) is 0 Å². The molecule has 3 aromatic carbocycles. The van der Waals surface area contributed by atoms with E-state index in [2.05, 4.69) is 31.5 Å². The number of nitrogens with zero attached hydrogens (tertiary/aromatic N) is 1. The molecule has 0 fully saturated rings. The first-order valence-electron chi connectivity index (χ1n) is 14.2. The zero-order valence-electron chi connectivity index (χ0n) is 24.3. The average Bonchev–Trinajstić information content (AvgIpc) is 3.31. The first kappa shape index (κ1) is 29.5. The molecule has 218 valence electrons. The van der Waals surface area contributed by atoms with Crippen LogP contribution >= 0.6 is 15.9 Å². The maximum atomic E-state index is 14.3. The number of aromatic amines is 1. The number of amides is 3. The monoisotopic (exact) mass is 629 g/mol. The van der Waals surface area contributed by atoms with E-state index in [4.69, 9.17) is 5.73 Å². The Morgan fingerprint density at radius 2 is 1.81 bits per heavy atom. The van der Waals surface area contributed by atoms with Gasteiger partial charge in [0.15, 0.2) is 0 Å². The summed E-state index contributed by atoms with van der Waals surface area (Å²) in [6.07, 6.45) is 1.14. The maximum absolute atomic E-state index is 14.3. The van der Waals surface area contributed by atoms with Crippen molar-refractivity contribution in [3.63, 3.8) is 0 Å². The number of aromatic nitrogens is 1. The van der Waals surface area contributed by atoms with Gasteiger partial charge < -0.3 is 21.4 Å². The molecule has 1 aromatic heterocycles. The molecule has 1 aliphatic heterocycles. The van der Waals surface area contributed by atoms with Gasteiger partial charge in [-0.15, -0.1) is 0 Å². The van der Waals surface area contributed by atoms with Crippen LogP contribution in [0.5, 0.6) is 0 Å². The fourth-order valence-corrected chi connectivity index (χ4v) is 6.18. The van der Waals surface area contributed by atoms with E-state index < -0.39 is 11.6 Å². The molecule has 1 unspecified atom stereocenters. The van der Waals surface area contributed by atoms with Gasteiger partial charge in [-0.2, -0.15) is 0 Å². The average molecular weight is 631 g/mol. The van der Waals surface area contributed by atoms with E-state index in [-0.39, 0.29) is 24.1 Å². The van der Waals surface area contributed by atoms with Crippen LogP contribution in [0.4, 0.5) is 11.4 Å². The van der Waals surface area contributed by atoms with Gasteiger partial charge in [-0.3, -0.25) is 19.3 Å². The summed E-state index contributed by atoms with van der Waals surface area (Å²) in [7, 11) is 0. The van der Waals surface area contributed by atoms with Gasteiger partial charge in [0.25, 0.3) is 11.8 Å². The minimum Gasteiger partial charge on any atom is -0.354 e. The normalized spacial score (nSPS) is 15.3. The number of halogens is 1. The lowest BCUT2D eigenvalue weighted by Gasteiger charge is -2.30. The molecule has 0 bridgehead atoms. The Balaban J connectivity index is 1.68. The zero-order valence-corrected chi connectivity index (χ0v) is 25.9. The molecule has 1 atom stereocenters. The smallest absolute Gasteiger partial charge is 0.254 e. The first-order valence-corrected chi connectivity index (χ1v) is 15.0. The van der Waals surface area contributed by atoms with Gasteiger partial charge in [0.2, 0.25) is 5.91 Å². The molecule has 4 aromatic rings. The first-order chi connectivity index (χ1) is 20.0. The van der Waals surface area contributed by atoms with E-state index in [1.165, 1.54) is 0 Å². The van der Waals surface area contributed by atoms with Crippen LogP contribution in [0.15, 0.2) is 65.1 Å². The number of para-hydroxylation sites is 2. The predicted octanol–water partition coefficient (Wildman–Crippen LogP) is 5.88. The summed E-state index contributed by atoms with van der Waals surface area (Å²) in [5, 5.41) is 6.90. The Kier molecular flexibility index (Phi) is 8.25. The van der Waals surface area contributed by atoms with Crippen LogP contribution in [0.1, 0.15) is 55.1 Å². The highest BCUT2D eigenvalue weighted by Crippen LogP contribution is 2.43. The van der Waals surface area contributed by atoms with Crippen molar-refractivity contribution < 1.29 is 14.4 Å². The molecule has 9 heteroatoms. The molecule has 5 rings (SSSR count). The van der Waals surface area contributed by atoms with Gasteiger partial charge in [-0.1, -0.05) is 36.4 Å². The highest BCUT2D eigenvalue weighted by atomic mass is 79.9. The summed E-state index contributed by atoms with van der Waals surface area (Å²) in [4.78, 5) is 45.9. The van der Waals surface area contributed by atoms with Gasteiger partial charge in [-0.25, -0.2) is 0 Å². The Hall–Kier alpha value is -3.95. The van der Waals surface area contributed by atoms with Crippen LogP contribution in [0, 0.1) is 6.92 Å². The summed E-state index contributed by atoms with van der Waals surface area (Å²) < 4.78 is 0.702. The number of hydrogen-bond donors (Lipinski definition) is 4. The fraction of sp³-hybridized carbons (Fsp3) is 0.303. The molecule has 0 saturated carbocycles. The largest absolute Gasteiger partial charge is 0.354 e. The predicted molar refractivity (Wildman–Crippen MR) is 171 cm³/mol. The molecule has 2 heterocycles. The van der Waals surface area contributed by atoms with Gasteiger partial charge in [0.05, 0.1) is 16.9 Å². The number of carbonyl (C=O) groups is 3. The second-order valence-electron chi connectivity index (χ2n) is 11.5. The quantitative estimate of drug-likeness (QED) is 0.204. The summed E-state index contributed by atoms with van der Waals surface area (Å²) >= 11 is 3.81. The van der Waals surface area contributed by atoms with Gasteiger partial charge >= 0.3 is 0 Å². The Bertz CT molecular complexity index is 1650. The van der Waals surface area contributed by atoms with Crippen molar-refractivity contribution in [3.8, 4) is 11.3 Å². The highest BCUT2D eigenvalue weighted by molar-refractivity contribution is 9.10. The lowest BCUT2D eigenvalue weighted by molar-refractivity contribution is -0.127. The number of H-pyrrole nitrogens is 1. The second kappa shape index (κ2) is 11.7. The SMILES string of the molecule is CCNC(=O)c1cc(N2C(=O)C(NC(=O)CC(C)(C)N)CCc3ccccc32)c(C)c(Br)c1-c1cc2ccccc2[nH]1. The van der Waals surface area contributed by atoms with Crippen LogP contribution in [0.2, 0.25) is 0 Å². The van der Waals surface area contributed by atoms with Crippen molar-refractivity contribution in [1.82, 2.24) is 15.6 Å². The summed E-state index contributed by atoms with van der Waals surface area (Å²) in [5.41, 5.74) is 11.3.